The summed E-state index contributed by atoms with van der Waals surface area (Å²) in [6.45, 7) is 4.43. The third-order valence-corrected chi connectivity index (χ3v) is 3.36. The Labute approximate surface area is 118 Å². The lowest BCUT2D eigenvalue weighted by Gasteiger charge is -2.12. The molecule has 0 amide bonds. The molecule has 0 fully saturated rings. The number of rotatable bonds is 3. The Morgan fingerprint density at radius 3 is 2.60 bits per heavy atom. The molecule has 3 rings (SSSR count). The number of hydrogen-bond acceptors (Lipinski definition) is 2. The van der Waals surface area contributed by atoms with Gasteiger partial charge in [0.15, 0.2) is 0 Å². The molecule has 0 spiro atoms. The molecule has 3 heteroatoms. The Hall–Kier alpha value is -2.29. The van der Waals surface area contributed by atoms with Gasteiger partial charge in [0.1, 0.15) is 11.4 Å². The smallest absolute Gasteiger partial charge is 0.144 e. The molecule has 20 heavy (non-hydrogen) atoms. The SMILES string of the molecule is CC(C)Cc1cc2cccnc2n1-c1ccc(O)cc1. The standard InChI is InChI=1S/C17H18N2O/c1-12(2)10-15-11-13-4-3-9-18-17(13)19(15)14-5-7-16(20)8-6-14/h3-9,11-12,20H,10H2,1-2H3. The first-order chi connectivity index (χ1) is 9.65. The predicted molar refractivity (Wildman–Crippen MR) is 81.3 cm³/mol. The first-order valence-corrected chi connectivity index (χ1v) is 6.90. The van der Waals surface area contributed by atoms with E-state index < -0.39 is 0 Å². The van der Waals surface area contributed by atoms with Crippen LogP contribution in [0.25, 0.3) is 16.7 Å². The Morgan fingerprint density at radius 1 is 1.15 bits per heavy atom. The van der Waals surface area contributed by atoms with Crippen LogP contribution in [0.1, 0.15) is 19.5 Å². The fourth-order valence-corrected chi connectivity index (χ4v) is 2.55. The van der Waals surface area contributed by atoms with Gasteiger partial charge < -0.3 is 5.11 Å². The highest BCUT2D eigenvalue weighted by Gasteiger charge is 2.12. The van der Waals surface area contributed by atoms with Crippen molar-refractivity contribution in [2.24, 2.45) is 5.92 Å². The van der Waals surface area contributed by atoms with Gasteiger partial charge in [0.2, 0.25) is 0 Å². The molecule has 0 unspecified atom stereocenters. The molecule has 2 aromatic heterocycles. The van der Waals surface area contributed by atoms with Crippen molar-refractivity contribution in [2.75, 3.05) is 0 Å². The first kappa shape index (κ1) is 12.7. The third-order valence-electron chi connectivity index (χ3n) is 3.36. The van der Waals surface area contributed by atoms with Gasteiger partial charge in [-0.25, -0.2) is 4.98 Å². The van der Waals surface area contributed by atoms with Crippen LogP contribution in [0.4, 0.5) is 0 Å². The van der Waals surface area contributed by atoms with E-state index in [9.17, 15) is 5.11 Å². The summed E-state index contributed by atoms with van der Waals surface area (Å²) in [5.74, 6) is 0.860. The van der Waals surface area contributed by atoms with Crippen molar-refractivity contribution in [1.29, 1.82) is 0 Å². The van der Waals surface area contributed by atoms with Gasteiger partial charge in [0.25, 0.3) is 0 Å². The van der Waals surface area contributed by atoms with E-state index in [2.05, 4.69) is 35.5 Å². The van der Waals surface area contributed by atoms with Crippen LogP contribution in [0.3, 0.4) is 0 Å². The molecular weight excluding hydrogens is 248 g/mol. The summed E-state index contributed by atoms with van der Waals surface area (Å²) in [4.78, 5) is 4.51. The summed E-state index contributed by atoms with van der Waals surface area (Å²) in [7, 11) is 0. The lowest BCUT2D eigenvalue weighted by Crippen LogP contribution is -2.04. The van der Waals surface area contributed by atoms with E-state index in [4.69, 9.17) is 0 Å². The van der Waals surface area contributed by atoms with Crippen molar-refractivity contribution in [3.8, 4) is 11.4 Å². The molecule has 0 aliphatic heterocycles. The molecule has 0 saturated carbocycles. The molecule has 3 nitrogen and oxygen atoms in total. The van der Waals surface area contributed by atoms with Crippen molar-refractivity contribution >= 4 is 11.0 Å². The van der Waals surface area contributed by atoms with Crippen LogP contribution in [-0.2, 0) is 6.42 Å². The van der Waals surface area contributed by atoms with Gasteiger partial charge in [0.05, 0.1) is 0 Å². The van der Waals surface area contributed by atoms with Gasteiger partial charge in [-0.2, -0.15) is 0 Å². The maximum atomic E-state index is 9.46. The molecule has 1 N–H and O–H groups in total. The molecule has 3 aromatic rings. The number of phenols is 1. The van der Waals surface area contributed by atoms with Crippen LogP contribution in [0.15, 0.2) is 48.7 Å². The number of pyridine rings is 1. The van der Waals surface area contributed by atoms with Crippen LogP contribution in [0, 0.1) is 5.92 Å². The highest BCUT2D eigenvalue weighted by molar-refractivity contribution is 5.79. The van der Waals surface area contributed by atoms with E-state index in [0.717, 1.165) is 23.1 Å². The fraction of sp³-hybridized carbons (Fsp3) is 0.235. The summed E-state index contributed by atoms with van der Waals surface area (Å²) < 4.78 is 2.18. The highest BCUT2D eigenvalue weighted by Crippen LogP contribution is 2.25. The number of aromatic nitrogens is 2. The summed E-state index contributed by atoms with van der Waals surface area (Å²) in [6, 6.07) is 13.5. The van der Waals surface area contributed by atoms with Crippen molar-refractivity contribution in [2.45, 2.75) is 20.3 Å². The van der Waals surface area contributed by atoms with Crippen LogP contribution < -0.4 is 0 Å². The zero-order valence-corrected chi connectivity index (χ0v) is 11.7. The van der Waals surface area contributed by atoms with Crippen molar-refractivity contribution < 1.29 is 5.11 Å². The summed E-state index contributed by atoms with van der Waals surface area (Å²) in [5, 5.41) is 10.6. The minimum absolute atomic E-state index is 0.281. The second-order valence-electron chi connectivity index (χ2n) is 5.50. The van der Waals surface area contributed by atoms with Crippen molar-refractivity contribution in [3.05, 3.63) is 54.4 Å². The maximum absolute atomic E-state index is 9.46. The minimum atomic E-state index is 0.281. The van der Waals surface area contributed by atoms with Gasteiger partial charge >= 0.3 is 0 Å². The van der Waals surface area contributed by atoms with Gasteiger partial charge in [0, 0.05) is 23.0 Å². The van der Waals surface area contributed by atoms with Crippen molar-refractivity contribution in [3.63, 3.8) is 0 Å². The molecule has 0 radical (unpaired) electrons. The van der Waals surface area contributed by atoms with Gasteiger partial charge in [-0.1, -0.05) is 13.8 Å². The number of nitrogens with zero attached hydrogens (tertiary/aromatic N) is 2. The molecule has 0 saturated heterocycles. The zero-order chi connectivity index (χ0) is 14.1. The normalized spacial score (nSPS) is 11.3. The van der Waals surface area contributed by atoms with E-state index in [1.54, 1.807) is 12.1 Å². The van der Waals surface area contributed by atoms with Gasteiger partial charge in [-0.3, -0.25) is 4.57 Å². The highest BCUT2D eigenvalue weighted by atomic mass is 16.3. The Kier molecular flexibility index (Phi) is 3.18. The molecule has 0 bridgehead atoms. The minimum Gasteiger partial charge on any atom is -0.508 e. The van der Waals surface area contributed by atoms with Crippen LogP contribution >= 0.6 is 0 Å². The number of aromatic hydroxyl groups is 1. The molecule has 1 aromatic carbocycles. The van der Waals surface area contributed by atoms with Gasteiger partial charge in [-0.15, -0.1) is 0 Å². The second-order valence-corrected chi connectivity index (χ2v) is 5.50. The summed E-state index contributed by atoms with van der Waals surface area (Å²) >= 11 is 0. The van der Waals surface area contributed by atoms with E-state index >= 15 is 0 Å². The fourth-order valence-electron chi connectivity index (χ4n) is 2.55. The second kappa shape index (κ2) is 5.00. The molecule has 0 atom stereocenters. The molecule has 0 aliphatic carbocycles. The maximum Gasteiger partial charge on any atom is 0.144 e. The van der Waals surface area contributed by atoms with Crippen LogP contribution in [0.2, 0.25) is 0 Å². The Bertz CT molecular complexity index is 726. The zero-order valence-electron chi connectivity index (χ0n) is 11.7. The average Bonchev–Trinajstić information content (AvgIpc) is 2.77. The quantitative estimate of drug-likeness (QED) is 0.780. The first-order valence-electron chi connectivity index (χ1n) is 6.90. The van der Waals surface area contributed by atoms with Crippen LogP contribution in [-0.4, -0.2) is 14.7 Å². The summed E-state index contributed by atoms with van der Waals surface area (Å²) in [5.41, 5.74) is 3.25. The summed E-state index contributed by atoms with van der Waals surface area (Å²) in [6.07, 6.45) is 2.82. The van der Waals surface area contributed by atoms with E-state index in [1.165, 1.54) is 5.69 Å². The predicted octanol–water partition coefficient (Wildman–Crippen LogP) is 3.93. The lowest BCUT2D eigenvalue weighted by molar-refractivity contribution is 0.475. The topological polar surface area (TPSA) is 38.0 Å². The van der Waals surface area contributed by atoms with E-state index in [0.29, 0.717) is 5.92 Å². The molecule has 2 heterocycles. The van der Waals surface area contributed by atoms with Gasteiger partial charge in [-0.05, 0) is 54.8 Å². The number of phenolic OH excluding ortho intramolecular Hbond substituents is 1. The molecule has 102 valence electrons. The number of hydrogen-bond donors (Lipinski definition) is 1. The monoisotopic (exact) mass is 266 g/mol. The lowest BCUT2D eigenvalue weighted by atomic mass is 10.1. The largest absolute Gasteiger partial charge is 0.508 e. The van der Waals surface area contributed by atoms with E-state index in [-0.39, 0.29) is 5.75 Å². The Morgan fingerprint density at radius 2 is 1.90 bits per heavy atom. The molecular formula is C17H18N2O. The number of fused-ring (bicyclic) bond motifs is 1. The average molecular weight is 266 g/mol. The third kappa shape index (κ3) is 2.27. The van der Waals surface area contributed by atoms with E-state index in [1.807, 2.05) is 24.4 Å². The number of benzene rings is 1. The Balaban J connectivity index is 2.22. The molecule has 0 aliphatic rings. The van der Waals surface area contributed by atoms with Crippen molar-refractivity contribution in [1.82, 2.24) is 9.55 Å². The van der Waals surface area contributed by atoms with Crippen LogP contribution in [0.5, 0.6) is 5.75 Å².